The van der Waals surface area contributed by atoms with Crippen molar-refractivity contribution >= 4 is 45.5 Å². The molecule has 0 saturated heterocycles. The summed E-state index contributed by atoms with van der Waals surface area (Å²) >= 11 is 3.54. The Balaban J connectivity index is 1.59. The first-order valence-electron chi connectivity index (χ1n) is 14.4. The van der Waals surface area contributed by atoms with Crippen molar-refractivity contribution < 1.29 is 17.9 Å². The summed E-state index contributed by atoms with van der Waals surface area (Å²) in [6.45, 7) is 7.46. The molecule has 0 saturated carbocycles. The molecule has 8 heteroatoms. The Labute approximate surface area is 261 Å². The number of benzene rings is 3. The topological polar surface area (TPSA) is 47.1 Å². The van der Waals surface area contributed by atoms with E-state index in [1.807, 2.05) is 97.9 Å². The number of halogens is 3. The normalized spacial score (nSPS) is 13.4. The van der Waals surface area contributed by atoms with Crippen molar-refractivity contribution in [3.63, 3.8) is 0 Å². The van der Waals surface area contributed by atoms with Crippen molar-refractivity contribution in [1.82, 2.24) is 9.97 Å². The molecule has 4 nitrogen and oxygen atoms in total. The first kappa shape index (κ1) is 31.3. The van der Waals surface area contributed by atoms with Crippen molar-refractivity contribution in [3.8, 4) is 11.3 Å². The molecule has 5 rings (SSSR count). The number of rotatable bonds is 10. The molecule has 5 aromatic rings. The van der Waals surface area contributed by atoms with Gasteiger partial charge in [0.05, 0.1) is 24.1 Å². The lowest BCUT2D eigenvalue weighted by atomic mass is 9.97. The monoisotopic (exact) mass is 662 g/mol. The lowest BCUT2D eigenvalue weighted by Gasteiger charge is -2.43. The molecule has 1 N–H and O–H groups in total. The first-order chi connectivity index (χ1) is 20.5. The van der Waals surface area contributed by atoms with Crippen molar-refractivity contribution in [2.24, 2.45) is 0 Å². The molecular weight excluding hydrogens is 626 g/mol. The lowest BCUT2D eigenvalue weighted by Crippen LogP contribution is -2.67. The molecule has 3 aromatic carbocycles. The van der Waals surface area contributed by atoms with E-state index in [4.69, 9.17) is 9.16 Å². The van der Waals surface area contributed by atoms with E-state index >= 15 is 8.78 Å². The number of aromatic nitrogens is 2. The van der Waals surface area contributed by atoms with Crippen molar-refractivity contribution in [2.45, 2.75) is 51.2 Å². The summed E-state index contributed by atoms with van der Waals surface area (Å²) in [5, 5.41) is 2.25. The number of methoxy groups -OCH3 is 1. The van der Waals surface area contributed by atoms with Crippen LogP contribution in [0, 0.1) is 0 Å². The van der Waals surface area contributed by atoms with Crippen LogP contribution in [0.2, 0.25) is 5.04 Å². The van der Waals surface area contributed by atoms with Gasteiger partial charge in [0.2, 0.25) is 0 Å². The number of alkyl halides is 2. The number of aromatic amines is 1. The highest BCUT2D eigenvalue weighted by atomic mass is 79.9. The standard InChI is InChI=1S/C35H37BrF2N2O2Si/c1-24(41-5)32-28(17-12-20-39-32)33-30(29-21-25(36)18-19-31(29)40-33)22-35(37,38)23-42-43(34(2,3)4,26-13-8-6-9-14-26)27-15-10-7-11-16-27/h6-21,24,40H,22-23H2,1-5H3. The molecule has 0 radical (unpaired) electrons. The van der Waals surface area contributed by atoms with Gasteiger partial charge in [0.25, 0.3) is 14.2 Å². The third-order valence-corrected chi connectivity index (χ3v) is 13.5. The predicted molar refractivity (Wildman–Crippen MR) is 177 cm³/mol. The molecule has 0 amide bonds. The second kappa shape index (κ2) is 12.4. The van der Waals surface area contributed by atoms with E-state index < -0.39 is 32.3 Å². The molecule has 43 heavy (non-hydrogen) atoms. The van der Waals surface area contributed by atoms with Crippen LogP contribution >= 0.6 is 15.9 Å². The molecule has 0 aliphatic carbocycles. The summed E-state index contributed by atoms with van der Waals surface area (Å²) in [5.41, 5.74) is 3.33. The van der Waals surface area contributed by atoms with Crippen LogP contribution in [0.3, 0.4) is 0 Å². The number of nitrogens with zero attached hydrogens (tertiary/aromatic N) is 1. The van der Waals surface area contributed by atoms with Crippen LogP contribution in [0.5, 0.6) is 0 Å². The molecule has 1 unspecified atom stereocenters. The summed E-state index contributed by atoms with van der Waals surface area (Å²) in [7, 11) is -1.54. The Bertz CT molecular complexity index is 1650. The van der Waals surface area contributed by atoms with E-state index in [2.05, 4.69) is 46.7 Å². The Morgan fingerprint density at radius 2 is 1.53 bits per heavy atom. The number of nitrogens with one attached hydrogen (secondary N) is 1. The minimum atomic E-state index is -3.17. The Morgan fingerprint density at radius 3 is 2.12 bits per heavy atom. The molecule has 1 atom stereocenters. The van der Waals surface area contributed by atoms with Crippen LogP contribution in [0.15, 0.2) is 102 Å². The maximum atomic E-state index is 16.4. The molecule has 2 aromatic heterocycles. The van der Waals surface area contributed by atoms with Crippen LogP contribution in [0.1, 0.15) is 45.1 Å². The molecule has 0 aliphatic heterocycles. The highest BCUT2D eigenvalue weighted by molar-refractivity contribution is 9.10. The summed E-state index contributed by atoms with van der Waals surface area (Å²) in [4.78, 5) is 7.97. The molecule has 224 valence electrons. The minimum Gasteiger partial charge on any atom is -0.401 e. The predicted octanol–water partition coefficient (Wildman–Crippen LogP) is 8.45. The summed E-state index contributed by atoms with van der Waals surface area (Å²) in [6.07, 6.45) is 0.868. The van der Waals surface area contributed by atoms with Crippen LogP contribution < -0.4 is 10.4 Å². The highest BCUT2D eigenvalue weighted by Gasteiger charge is 2.51. The maximum absolute atomic E-state index is 16.4. The molecular formula is C35H37BrF2N2O2Si. The summed E-state index contributed by atoms with van der Waals surface area (Å²) < 4.78 is 45.9. The summed E-state index contributed by atoms with van der Waals surface area (Å²) in [6, 6.07) is 29.2. The van der Waals surface area contributed by atoms with E-state index in [0.29, 0.717) is 17.0 Å². The average molecular weight is 664 g/mol. The van der Waals surface area contributed by atoms with Gasteiger partial charge in [0.1, 0.15) is 0 Å². The van der Waals surface area contributed by atoms with Crippen molar-refractivity contribution in [3.05, 3.63) is 113 Å². The zero-order valence-electron chi connectivity index (χ0n) is 25.1. The summed E-state index contributed by atoms with van der Waals surface area (Å²) in [5.74, 6) is -3.17. The van der Waals surface area contributed by atoms with Gasteiger partial charge in [-0.2, -0.15) is 0 Å². The van der Waals surface area contributed by atoms with E-state index in [1.165, 1.54) is 0 Å². The van der Waals surface area contributed by atoms with E-state index in [-0.39, 0.29) is 6.10 Å². The number of hydrogen-bond acceptors (Lipinski definition) is 3. The molecule has 2 heterocycles. The van der Waals surface area contributed by atoms with Gasteiger partial charge in [-0.15, -0.1) is 0 Å². The smallest absolute Gasteiger partial charge is 0.273 e. The number of hydrogen-bond donors (Lipinski definition) is 1. The Morgan fingerprint density at radius 1 is 0.907 bits per heavy atom. The van der Waals surface area contributed by atoms with Gasteiger partial charge in [-0.3, -0.25) is 4.98 Å². The molecule has 0 aliphatic rings. The zero-order chi connectivity index (χ0) is 30.8. The van der Waals surface area contributed by atoms with E-state index in [9.17, 15) is 0 Å². The number of H-pyrrole nitrogens is 1. The molecule has 0 spiro atoms. The third-order valence-electron chi connectivity index (χ3n) is 8.07. The van der Waals surface area contributed by atoms with Gasteiger partial charge < -0.3 is 14.1 Å². The highest BCUT2D eigenvalue weighted by Crippen LogP contribution is 2.41. The Hall–Kier alpha value is -3.17. The SMILES string of the molecule is COC(C)c1ncccc1-c1[nH]c2ccc(Br)cc2c1CC(F)(F)CO[Si](c1ccccc1)(c1ccccc1)C(C)(C)C. The number of fused-ring (bicyclic) bond motifs is 1. The second-order valence-corrected chi connectivity index (χ2v) is 17.2. The van der Waals surface area contributed by atoms with Crippen LogP contribution in [-0.2, 0) is 15.6 Å². The largest absolute Gasteiger partial charge is 0.401 e. The maximum Gasteiger partial charge on any atom is 0.273 e. The van der Waals surface area contributed by atoms with Crippen LogP contribution in [0.4, 0.5) is 8.78 Å². The first-order valence-corrected chi connectivity index (χ1v) is 17.1. The van der Waals surface area contributed by atoms with Crippen LogP contribution in [0.25, 0.3) is 22.2 Å². The van der Waals surface area contributed by atoms with Crippen LogP contribution in [-0.4, -0.2) is 37.9 Å². The van der Waals surface area contributed by atoms with E-state index in [1.54, 1.807) is 13.3 Å². The average Bonchev–Trinajstić information content (AvgIpc) is 3.33. The van der Waals surface area contributed by atoms with E-state index in [0.717, 1.165) is 31.3 Å². The fourth-order valence-corrected chi connectivity index (χ4v) is 10.9. The lowest BCUT2D eigenvalue weighted by molar-refractivity contribution is -0.0427. The number of pyridine rings is 1. The molecule has 0 fully saturated rings. The van der Waals surface area contributed by atoms with Gasteiger partial charge in [-0.1, -0.05) is 97.4 Å². The van der Waals surface area contributed by atoms with Gasteiger partial charge in [-0.25, -0.2) is 8.78 Å². The number of ether oxygens (including phenoxy) is 1. The van der Waals surface area contributed by atoms with Gasteiger partial charge >= 0.3 is 0 Å². The zero-order valence-corrected chi connectivity index (χ0v) is 27.7. The minimum absolute atomic E-state index is 0.318. The molecule has 0 bridgehead atoms. The van der Waals surface area contributed by atoms with Gasteiger partial charge in [-0.05, 0) is 58.2 Å². The fraction of sp³-hybridized carbons (Fsp3) is 0.286. The van der Waals surface area contributed by atoms with Crippen molar-refractivity contribution in [1.29, 1.82) is 0 Å². The second-order valence-electron chi connectivity index (χ2n) is 12.0. The third kappa shape index (κ3) is 6.24. The quantitative estimate of drug-likeness (QED) is 0.153. The fourth-order valence-electron chi connectivity index (χ4n) is 5.98. The van der Waals surface area contributed by atoms with Gasteiger partial charge in [0.15, 0.2) is 0 Å². The Kier molecular flexibility index (Phi) is 9.04. The van der Waals surface area contributed by atoms with Crippen molar-refractivity contribution in [2.75, 3.05) is 13.7 Å². The van der Waals surface area contributed by atoms with Gasteiger partial charge in [0, 0.05) is 40.7 Å².